The molecule has 0 aliphatic carbocycles. The first-order chi connectivity index (χ1) is 16.0. The maximum Gasteiger partial charge on any atom is 0.233 e. The number of amides is 1. The summed E-state index contributed by atoms with van der Waals surface area (Å²) in [6.45, 7) is 2.10. The molecule has 5 heteroatoms. The summed E-state index contributed by atoms with van der Waals surface area (Å²) in [6, 6.07) is 25.7. The van der Waals surface area contributed by atoms with Crippen molar-refractivity contribution in [2.75, 3.05) is 26.2 Å². The molecule has 0 aromatic heterocycles. The number of hydroxylamine groups is 3. The fraction of sp³-hybridized carbons (Fsp3) is 0.321. The number of quaternary nitrogens is 1. The minimum absolute atomic E-state index is 0.161. The number of ether oxygens (including phenoxy) is 1. The van der Waals surface area contributed by atoms with Gasteiger partial charge in [-0.2, -0.15) is 0 Å². The Morgan fingerprint density at radius 3 is 2.33 bits per heavy atom. The third-order valence-electron chi connectivity index (χ3n) is 7.46. The van der Waals surface area contributed by atoms with Gasteiger partial charge in [-0.3, -0.25) is 4.79 Å². The molecule has 1 amide bonds. The van der Waals surface area contributed by atoms with Crippen LogP contribution in [0.3, 0.4) is 0 Å². The molecule has 3 aromatic rings. The van der Waals surface area contributed by atoms with Gasteiger partial charge in [0.05, 0.1) is 26.2 Å². The van der Waals surface area contributed by atoms with Crippen LogP contribution in [-0.4, -0.2) is 36.8 Å². The normalized spacial score (nSPS) is 22.0. The zero-order chi connectivity index (χ0) is 22.9. The predicted molar refractivity (Wildman–Crippen MR) is 129 cm³/mol. The molecule has 2 atom stereocenters. The largest absolute Gasteiger partial charge is 0.633 e. The molecule has 170 valence electrons. The van der Waals surface area contributed by atoms with E-state index in [2.05, 4.69) is 12.1 Å². The predicted octanol–water partition coefficient (Wildman–Crippen LogP) is 3.97. The molecule has 1 fully saturated rings. The highest BCUT2D eigenvalue weighted by atomic mass is 16.5. The average molecular weight is 443 g/mol. The second-order valence-electron chi connectivity index (χ2n) is 9.37. The number of nitrogens with two attached hydrogens (primary N) is 1. The van der Waals surface area contributed by atoms with Gasteiger partial charge in [0.25, 0.3) is 0 Å². The fourth-order valence-corrected chi connectivity index (χ4v) is 5.79. The van der Waals surface area contributed by atoms with Crippen LogP contribution in [0.15, 0.2) is 78.9 Å². The van der Waals surface area contributed by atoms with Gasteiger partial charge in [0.2, 0.25) is 5.91 Å². The Morgan fingerprint density at radius 1 is 1.03 bits per heavy atom. The highest BCUT2D eigenvalue weighted by Crippen LogP contribution is 2.45. The van der Waals surface area contributed by atoms with E-state index in [0.29, 0.717) is 32.5 Å². The summed E-state index contributed by atoms with van der Waals surface area (Å²) in [5.74, 6) is 0.408. The van der Waals surface area contributed by atoms with Crippen molar-refractivity contribution >= 4 is 5.91 Å². The van der Waals surface area contributed by atoms with E-state index in [1.54, 1.807) is 0 Å². The van der Waals surface area contributed by atoms with Crippen LogP contribution in [0, 0.1) is 11.1 Å². The molecule has 0 spiro atoms. The van der Waals surface area contributed by atoms with Gasteiger partial charge < -0.3 is 20.3 Å². The Hall–Kier alpha value is -3.15. The third-order valence-corrected chi connectivity index (χ3v) is 7.46. The molecule has 2 aliphatic rings. The van der Waals surface area contributed by atoms with Crippen molar-refractivity contribution in [1.82, 2.24) is 0 Å². The van der Waals surface area contributed by atoms with Crippen LogP contribution in [0.25, 0.3) is 0 Å². The summed E-state index contributed by atoms with van der Waals surface area (Å²) < 4.78 is 5.30. The van der Waals surface area contributed by atoms with Gasteiger partial charge in [0.1, 0.15) is 11.2 Å². The van der Waals surface area contributed by atoms with E-state index >= 15 is 0 Å². The Kier molecular flexibility index (Phi) is 5.69. The standard InChI is InChI=1S/C28H30N2O3/c29-27(31)28(23-7-3-1-4-8-23,24-9-5-2-6-10-24)25-14-17-30(32,20-25)16-13-21-11-12-26-22(19-21)15-18-33-26/h1-12,19,25H,13-18,20H2,(H2,29,31)/t25-,30?/m0/s1. The molecule has 1 unspecified atom stereocenters. The summed E-state index contributed by atoms with van der Waals surface area (Å²) in [6.07, 6.45) is 2.30. The summed E-state index contributed by atoms with van der Waals surface area (Å²) in [5.41, 5.74) is 9.27. The Labute approximate surface area is 195 Å². The van der Waals surface area contributed by atoms with Crippen LogP contribution in [-0.2, 0) is 23.1 Å². The first kappa shape index (κ1) is 21.7. The molecule has 2 heterocycles. The maximum atomic E-state index is 13.8. The molecule has 0 saturated carbocycles. The first-order valence-corrected chi connectivity index (χ1v) is 11.7. The lowest BCUT2D eigenvalue weighted by Gasteiger charge is -2.42. The van der Waals surface area contributed by atoms with Crippen LogP contribution in [0.4, 0.5) is 0 Å². The van der Waals surface area contributed by atoms with Gasteiger partial charge >= 0.3 is 0 Å². The number of likely N-dealkylation sites (tertiary alicyclic amines) is 1. The van der Waals surface area contributed by atoms with Gasteiger partial charge in [-0.15, -0.1) is 0 Å². The number of rotatable bonds is 7. The van der Waals surface area contributed by atoms with Gasteiger partial charge in [-0.05, 0) is 28.3 Å². The minimum atomic E-state index is -1.02. The van der Waals surface area contributed by atoms with Gasteiger partial charge in [0, 0.05) is 25.2 Å². The van der Waals surface area contributed by atoms with E-state index in [1.165, 1.54) is 11.1 Å². The molecular weight excluding hydrogens is 412 g/mol. The van der Waals surface area contributed by atoms with Gasteiger partial charge in [0.15, 0.2) is 0 Å². The molecule has 2 N–H and O–H groups in total. The molecule has 3 aromatic carbocycles. The summed E-state index contributed by atoms with van der Waals surface area (Å²) in [5, 5.41) is 13.8. The van der Waals surface area contributed by atoms with Crippen LogP contribution in [0.5, 0.6) is 5.75 Å². The Balaban J connectivity index is 1.42. The number of primary amides is 1. The monoisotopic (exact) mass is 442 g/mol. The van der Waals surface area contributed by atoms with Crippen molar-refractivity contribution in [2.45, 2.75) is 24.7 Å². The van der Waals surface area contributed by atoms with Gasteiger partial charge in [-0.25, -0.2) is 0 Å². The SMILES string of the molecule is NC(=O)C(c1ccccc1)(c1ccccc1)[C@H]1CC[N+]([O-])(CCc2ccc3c(c2)CCO3)C1. The molecule has 5 nitrogen and oxygen atoms in total. The lowest BCUT2D eigenvalue weighted by molar-refractivity contribution is -0.869. The van der Waals surface area contributed by atoms with Crippen molar-refractivity contribution < 1.29 is 14.2 Å². The highest BCUT2D eigenvalue weighted by Gasteiger charge is 2.52. The van der Waals surface area contributed by atoms with E-state index in [4.69, 9.17) is 10.5 Å². The van der Waals surface area contributed by atoms with Crippen molar-refractivity contribution in [3.8, 4) is 5.75 Å². The topological polar surface area (TPSA) is 75.4 Å². The minimum Gasteiger partial charge on any atom is -0.633 e. The van der Waals surface area contributed by atoms with Crippen LogP contribution >= 0.6 is 0 Å². The van der Waals surface area contributed by atoms with E-state index in [1.807, 2.05) is 66.7 Å². The fourth-order valence-electron chi connectivity index (χ4n) is 5.79. The van der Waals surface area contributed by atoms with Crippen LogP contribution in [0.1, 0.15) is 28.7 Å². The molecule has 2 aliphatic heterocycles. The first-order valence-electron chi connectivity index (χ1n) is 11.7. The van der Waals surface area contributed by atoms with Crippen molar-refractivity contribution in [3.05, 3.63) is 106 Å². The van der Waals surface area contributed by atoms with Crippen molar-refractivity contribution in [1.29, 1.82) is 0 Å². The molecule has 5 rings (SSSR count). The number of hydrogen-bond acceptors (Lipinski definition) is 3. The molecule has 0 radical (unpaired) electrons. The number of carbonyl (C=O) groups is 1. The lowest BCUT2D eigenvalue weighted by atomic mass is 9.64. The second-order valence-corrected chi connectivity index (χ2v) is 9.37. The van der Waals surface area contributed by atoms with E-state index < -0.39 is 11.3 Å². The number of fused-ring (bicyclic) bond motifs is 1. The zero-order valence-electron chi connectivity index (χ0n) is 18.8. The quantitative estimate of drug-likeness (QED) is 0.444. The molecule has 33 heavy (non-hydrogen) atoms. The molecule has 1 saturated heterocycles. The van der Waals surface area contributed by atoms with E-state index in [9.17, 15) is 10.0 Å². The van der Waals surface area contributed by atoms with Gasteiger partial charge in [-0.1, -0.05) is 72.8 Å². The van der Waals surface area contributed by atoms with Crippen molar-refractivity contribution in [2.24, 2.45) is 11.7 Å². The molecular formula is C28H30N2O3. The van der Waals surface area contributed by atoms with E-state index in [0.717, 1.165) is 29.9 Å². The zero-order valence-corrected chi connectivity index (χ0v) is 18.8. The second kappa shape index (κ2) is 8.65. The third kappa shape index (κ3) is 3.92. The summed E-state index contributed by atoms with van der Waals surface area (Å²) in [4.78, 5) is 13.2. The number of nitrogens with zero attached hydrogens (tertiary/aromatic N) is 1. The highest BCUT2D eigenvalue weighted by molar-refractivity contribution is 5.91. The average Bonchev–Trinajstić information content (AvgIpc) is 3.46. The van der Waals surface area contributed by atoms with Crippen molar-refractivity contribution in [3.63, 3.8) is 0 Å². The molecule has 0 bridgehead atoms. The Bertz CT molecular complexity index is 1090. The summed E-state index contributed by atoms with van der Waals surface area (Å²) in [7, 11) is 0. The number of carbonyl (C=O) groups excluding carboxylic acids is 1. The van der Waals surface area contributed by atoms with Crippen LogP contribution in [0.2, 0.25) is 0 Å². The smallest absolute Gasteiger partial charge is 0.233 e. The lowest BCUT2D eigenvalue weighted by Crippen LogP contribution is -2.51. The summed E-state index contributed by atoms with van der Waals surface area (Å²) >= 11 is 0. The maximum absolute atomic E-state index is 13.8. The Morgan fingerprint density at radius 2 is 1.70 bits per heavy atom. The van der Waals surface area contributed by atoms with E-state index in [-0.39, 0.29) is 10.6 Å². The number of benzene rings is 3. The number of hydrogen-bond donors (Lipinski definition) is 1. The van der Waals surface area contributed by atoms with Crippen LogP contribution < -0.4 is 10.5 Å².